The number of aromatic nitrogens is 2. The first-order valence-electron chi connectivity index (χ1n) is 19.2. The van der Waals surface area contributed by atoms with Gasteiger partial charge >= 0.3 is 0 Å². The molecule has 3 heteroatoms. The highest BCUT2D eigenvalue weighted by Crippen LogP contribution is 2.53. The summed E-state index contributed by atoms with van der Waals surface area (Å²) in [5.74, 6) is 0.723. The Labute approximate surface area is 330 Å². The molecule has 2 aromatic heterocycles. The molecule has 264 valence electrons. The maximum Gasteiger partial charge on any atom is 0.160 e. The fraction of sp³-hybridized carbons (Fsp3) is 0.0566. The van der Waals surface area contributed by atoms with Gasteiger partial charge in [-0.3, -0.25) is 0 Å². The lowest BCUT2D eigenvalue weighted by Gasteiger charge is -2.22. The highest BCUT2D eigenvalue weighted by atomic mass is 32.1. The molecule has 0 radical (unpaired) electrons. The molecule has 0 fully saturated rings. The van der Waals surface area contributed by atoms with Crippen LogP contribution in [-0.4, -0.2) is 9.97 Å². The molecule has 8 aromatic carbocycles. The van der Waals surface area contributed by atoms with Crippen LogP contribution in [0.3, 0.4) is 0 Å². The van der Waals surface area contributed by atoms with Gasteiger partial charge in [-0.25, -0.2) is 9.97 Å². The Balaban J connectivity index is 0.994. The third-order valence-electron chi connectivity index (χ3n) is 11.7. The topological polar surface area (TPSA) is 25.8 Å². The smallest absolute Gasteiger partial charge is 0.160 e. The Morgan fingerprint density at radius 1 is 0.393 bits per heavy atom. The highest BCUT2D eigenvalue weighted by Gasteiger charge is 2.37. The van der Waals surface area contributed by atoms with Crippen LogP contribution in [0.1, 0.15) is 25.0 Å². The van der Waals surface area contributed by atoms with Gasteiger partial charge in [0.2, 0.25) is 0 Å². The van der Waals surface area contributed by atoms with E-state index in [1.54, 1.807) is 0 Å². The van der Waals surface area contributed by atoms with Crippen molar-refractivity contribution in [2.45, 2.75) is 19.3 Å². The predicted molar refractivity (Wildman–Crippen MR) is 237 cm³/mol. The summed E-state index contributed by atoms with van der Waals surface area (Å²) in [6.07, 6.45) is 0. The molecule has 2 nitrogen and oxygen atoms in total. The molecule has 0 bridgehead atoms. The molecule has 10 aromatic rings. The Morgan fingerprint density at radius 2 is 1.02 bits per heavy atom. The lowest BCUT2D eigenvalue weighted by atomic mass is 9.81. The summed E-state index contributed by atoms with van der Waals surface area (Å²) in [5, 5.41) is 6.20. The minimum atomic E-state index is -0.138. The number of fused-ring (bicyclic) bond motifs is 6. The molecule has 1 aliphatic rings. The highest BCUT2D eigenvalue weighted by molar-refractivity contribution is 7.22. The molecule has 56 heavy (non-hydrogen) atoms. The first-order chi connectivity index (χ1) is 27.5. The van der Waals surface area contributed by atoms with Crippen molar-refractivity contribution >= 4 is 43.0 Å². The fourth-order valence-corrected chi connectivity index (χ4v) is 9.74. The average Bonchev–Trinajstić information content (AvgIpc) is 3.79. The minimum absolute atomic E-state index is 0.138. The Bertz CT molecular complexity index is 3120. The van der Waals surface area contributed by atoms with Gasteiger partial charge in [0.05, 0.1) is 11.4 Å². The molecule has 0 aliphatic heterocycles. The number of thiophene rings is 1. The summed E-state index contributed by atoms with van der Waals surface area (Å²) in [5.41, 5.74) is 13.8. The summed E-state index contributed by atoms with van der Waals surface area (Å²) >= 11 is 1.85. The average molecular weight is 733 g/mol. The second-order valence-corrected chi connectivity index (χ2v) is 16.5. The molecule has 0 saturated heterocycles. The van der Waals surface area contributed by atoms with Crippen LogP contribution in [0.25, 0.3) is 98.2 Å². The van der Waals surface area contributed by atoms with Gasteiger partial charge in [0, 0.05) is 31.7 Å². The summed E-state index contributed by atoms with van der Waals surface area (Å²) in [4.78, 5) is 11.8. The molecule has 0 amide bonds. The van der Waals surface area contributed by atoms with Gasteiger partial charge in [-0.15, -0.1) is 11.3 Å². The van der Waals surface area contributed by atoms with Crippen LogP contribution in [0.2, 0.25) is 0 Å². The molecule has 0 atom stereocenters. The van der Waals surface area contributed by atoms with Crippen molar-refractivity contribution in [1.82, 2.24) is 9.97 Å². The van der Waals surface area contributed by atoms with E-state index < -0.39 is 0 Å². The minimum Gasteiger partial charge on any atom is -0.228 e. The molecule has 2 heterocycles. The van der Waals surface area contributed by atoms with Gasteiger partial charge in [0.15, 0.2) is 5.82 Å². The number of benzene rings is 8. The molecule has 0 unspecified atom stereocenters. The monoisotopic (exact) mass is 732 g/mol. The molecule has 0 spiro atoms. The lowest BCUT2D eigenvalue weighted by molar-refractivity contribution is 0.661. The summed E-state index contributed by atoms with van der Waals surface area (Å²) in [6.45, 7) is 4.69. The van der Waals surface area contributed by atoms with Crippen LogP contribution >= 0.6 is 11.3 Å². The van der Waals surface area contributed by atoms with Gasteiger partial charge in [-0.2, -0.15) is 0 Å². The predicted octanol–water partition coefficient (Wildman–Crippen LogP) is 14.6. The third kappa shape index (κ3) is 5.38. The van der Waals surface area contributed by atoms with Crippen molar-refractivity contribution in [3.63, 3.8) is 0 Å². The van der Waals surface area contributed by atoms with Crippen LogP contribution in [0.15, 0.2) is 182 Å². The van der Waals surface area contributed by atoms with Gasteiger partial charge in [-0.05, 0) is 108 Å². The van der Waals surface area contributed by atoms with Gasteiger partial charge in [0.25, 0.3) is 0 Å². The molecular formula is C53H36N2S. The van der Waals surface area contributed by atoms with E-state index in [1.165, 1.54) is 75.5 Å². The van der Waals surface area contributed by atoms with E-state index in [0.29, 0.717) is 0 Å². The van der Waals surface area contributed by atoms with E-state index in [4.69, 9.17) is 9.97 Å². The Kier molecular flexibility index (Phi) is 7.42. The summed E-state index contributed by atoms with van der Waals surface area (Å²) in [7, 11) is 0. The van der Waals surface area contributed by atoms with E-state index in [0.717, 1.165) is 33.9 Å². The van der Waals surface area contributed by atoms with Crippen LogP contribution in [0.5, 0.6) is 0 Å². The molecule has 1 aliphatic carbocycles. The second-order valence-electron chi connectivity index (χ2n) is 15.4. The summed E-state index contributed by atoms with van der Waals surface area (Å²) in [6, 6.07) is 66.0. The number of hydrogen-bond donors (Lipinski definition) is 0. The maximum absolute atomic E-state index is 5.29. The van der Waals surface area contributed by atoms with E-state index in [1.807, 2.05) is 17.4 Å². The van der Waals surface area contributed by atoms with Crippen molar-refractivity contribution in [2.75, 3.05) is 0 Å². The quantitative estimate of drug-likeness (QED) is 0.176. The molecule has 0 N–H and O–H groups in total. The molecule has 0 saturated carbocycles. The number of nitrogens with zero attached hydrogens (tertiary/aromatic N) is 2. The third-order valence-corrected chi connectivity index (χ3v) is 12.8. The van der Waals surface area contributed by atoms with E-state index in [2.05, 4.69) is 190 Å². The van der Waals surface area contributed by atoms with Crippen LogP contribution < -0.4 is 0 Å². The zero-order valence-electron chi connectivity index (χ0n) is 31.1. The summed E-state index contributed by atoms with van der Waals surface area (Å²) < 4.78 is 1.32. The van der Waals surface area contributed by atoms with E-state index in [9.17, 15) is 0 Å². The number of hydrogen-bond acceptors (Lipinski definition) is 3. The first-order valence-corrected chi connectivity index (χ1v) is 20.0. The fourth-order valence-electron chi connectivity index (χ4n) is 8.67. The standard InChI is InChI=1S/C53H36N2S/c1-53(2)45-17-10-16-43(51(45)44-29-36-13-6-7-14-37(36)30-46(44)53)48-32-47(54-52(55-48)35-11-4-3-5-12-35)41-26-25-39-27-38(23-24-40(39)28-41)33-19-21-34(22-20-33)50-31-42-15-8-9-18-49(42)56-50/h3-32H,1-2H3. The maximum atomic E-state index is 5.29. The lowest BCUT2D eigenvalue weighted by Crippen LogP contribution is -2.14. The Hall–Kier alpha value is -6.68. The zero-order chi connectivity index (χ0) is 37.4. The van der Waals surface area contributed by atoms with E-state index in [-0.39, 0.29) is 5.41 Å². The van der Waals surface area contributed by atoms with Crippen molar-refractivity contribution in [3.05, 3.63) is 193 Å². The second kappa shape index (κ2) is 12.7. The van der Waals surface area contributed by atoms with Crippen LogP contribution in [0, 0.1) is 0 Å². The molecular weight excluding hydrogens is 697 g/mol. The van der Waals surface area contributed by atoms with E-state index >= 15 is 0 Å². The number of rotatable bonds is 5. The van der Waals surface area contributed by atoms with Crippen molar-refractivity contribution in [1.29, 1.82) is 0 Å². The Morgan fingerprint density at radius 3 is 1.80 bits per heavy atom. The van der Waals surface area contributed by atoms with Crippen molar-refractivity contribution in [3.8, 4) is 66.6 Å². The normalized spacial score (nSPS) is 13.0. The SMILES string of the molecule is CC1(C)c2cc3ccccc3cc2-c2c(-c3cc(-c4ccc5cc(-c6ccc(-c7cc8ccccc8s7)cc6)ccc5c4)nc(-c4ccccc4)n3)cccc21. The van der Waals surface area contributed by atoms with Crippen LogP contribution in [0.4, 0.5) is 0 Å². The van der Waals surface area contributed by atoms with Crippen molar-refractivity contribution in [2.24, 2.45) is 0 Å². The molecule has 11 rings (SSSR count). The van der Waals surface area contributed by atoms with Gasteiger partial charge in [-0.1, -0.05) is 153 Å². The first kappa shape index (κ1) is 32.7. The van der Waals surface area contributed by atoms with Gasteiger partial charge in [0.1, 0.15) is 0 Å². The van der Waals surface area contributed by atoms with Crippen molar-refractivity contribution < 1.29 is 0 Å². The van der Waals surface area contributed by atoms with Gasteiger partial charge < -0.3 is 0 Å². The largest absolute Gasteiger partial charge is 0.228 e. The van der Waals surface area contributed by atoms with Crippen LogP contribution in [-0.2, 0) is 5.41 Å². The zero-order valence-corrected chi connectivity index (χ0v) is 31.9.